The summed E-state index contributed by atoms with van der Waals surface area (Å²) in [5.41, 5.74) is -0.585. The number of aromatic nitrogens is 1. The van der Waals surface area contributed by atoms with Gasteiger partial charge in [0, 0.05) is 44.6 Å². The summed E-state index contributed by atoms with van der Waals surface area (Å²) < 4.78 is 7.28. The number of ether oxygens (including phenoxy) is 1. The van der Waals surface area contributed by atoms with E-state index in [2.05, 4.69) is 0 Å². The smallest absolute Gasteiger partial charge is 0.410 e. The number of amides is 3. The Hall–Kier alpha value is -2.51. The first-order valence-corrected chi connectivity index (χ1v) is 10.3. The van der Waals surface area contributed by atoms with Crippen LogP contribution in [0.2, 0.25) is 0 Å². The van der Waals surface area contributed by atoms with Gasteiger partial charge in [0.2, 0.25) is 11.8 Å². The van der Waals surface area contributed by atoms with Crippen LogP contribution in [0.3, 0.4) is 0 Å². The monoisotopic (exact) mass is 404 g/mol. The standard InChI is InChI=1S/C21H32N4O4/c1-16(22-9-5-6-10-22)19(27)23-11-7-8-17(14-23)25-13-12-24(15-18(25)26)20(28)29-21(2,3)4/h5-6,9-10,16-17H,7-8,11-15H2,1-4H3/t16-,17-/m0/s1. The molecule has 3 heterocycles. The van der Waals surface area contributed by atoms with Gasteiger partial charge >= 0.3 is 6.09 Å². The Kier molecular flexibility index (Phi) is 6.19. The first-order valence-electron chi connectivity index (χ1n) is 10.3. The number of hydrogen-bond acceptors (Lipinski definition) is 4. The first-order chi connectivity index (χ1) is 13.7. The Balaban J connectivity index is 1.58. The molecule has 1 aromatic rings. The van der Waals surface area contributed by atoms with E-state index < -0.39 is 11.7 Å². The number of nitrogens with zero attached hydrogens (tertiary/aromatic N) is 4. The van der Waals surface area contributed by atoms with Crippen molar-refractivity contribution in [3.8, 4) is 0 Å². The third-order valence-electron chi connectivity index (χ3n) is 5.49. The van der Waals surface area contributed by atoms with Gasteiger partial charge in [-0.15, -0.1) is 0 Å². The number of carbonyl (C=O) groups excluding carboxylic acids is 3. The second kappa shape index (κ2) is 8.47. The Morgan fingerprint density at radius 2 is 1.79 bits per heavy atom. The minimum Gasteiger partial charge on any atom is -0.444 e. The van der Waals surface area contributed by atoms with E-state index in [1.165, 1.54) is 4.90 Å². The number of hydrogen-bond donors (Lipinski definition) is 0. The number of piperidine rings is 1. The fraction of sp³-hybridized carbons (Fsp3) is 0.667. The van der Waals surface area contributed by atoms with Crippen molar-refractivity contribution >= 4 is 17.9 Å². The average Bonchev–Trinajstić information content (AvgIpc) is 3.20. The zero-order valence-corrected chi connectivity index (χ0v) is 17.8. The van der Waals surface area contributed by atoms with Crippen LogP contribution in [0.25, 0.3) is 0 Å². The molecule has 3 amide bonds. The summed E-state index contributed by atoms with van der Waals surface area (Å²) in [7, 11) is 0. The first kappa shape index (κ1) is 21.2. The van der Waals surface area contributed by atoms with Gasteiger partial charge in [-0.3, -0.25) is 14.5 Å². The molecule has 0 aromatic carbocycles. The topological polar surface area (TPSA) is 75.1 Å². The van der Waals surface area contributed by atoms with Gasteiger partial charge in [-0.25, -0.2) is 4.79 Å². The highest BCUT2D eigenvalue weighted by molar-refractivity contribution is 5.84. The van der Waals surface area contributed by atoms with Crippen molar-refractivity contribution in [2.75, 3.05) is 32.7 Å². The predicted octanol–water partition coefficient (Wildman–Crippen LogP) is 2.12. The van der Waals surface area contributed by atoms with Gasteiger partial charge in [0.1, 0.15) is 18.2 Å². The second-order valence-electron chi connectivity index (χ2n) is 8.88. The summed E-state index contributed by atoms with van der Waals surface area (Å²) in [6.45, 7) is 9.54. The highest BCUT2D eigenvalue weighted by Crippen LogP contribution is 2.22. The third kappa shape index (κ3) is 5.10. The quantitative estimate of drug-likeness (QED) is 0.773. The maximum absolute atomic E-state index is 12.9. The lowest BCUT2D eigenvalue weighted by Gasteiger charge is -2.43. The summed E-state index contributed by atoms with van der Waals surface area (Å²) in [5.74, 6) is -0.00870. The molecular weight excluding hydrogens is 372 g/mol. The molecule has 0 saturated carbocycles. The van der Waals surface area contributed by atoms with Crippen LogP contribution in [0.15, 0.2) is 24.5 Å². The molecule has 0 bridgehead atoms. The molecule has 2 atom stereocenters. The molecule has 2 aliphatic heterocycles. The van der Waals surface area contributed by atoms with Gasteiger partial charge in [0.25, 0.3) is 0 Å². The molecule has 2 fully saturated rings. The Labute approximate surface area is 172 Å². The van der Waals surface area contributed by atoms with Gasteiger partial charge < -0.3 is 19.1 Å². The normalized spacial score (nSPS) is 21.9. The van der Waals surface area contributed by atoms with Crippen molar-refractivity contribution in [2.24, 2.45) is 0 Å². The van der Waals surface area contributed by atoms with E-state index >= 15 is 0 Å². The largest absolute Gasteiger partial charge is 0.444 e. The summed E-state index contributed by atoms with van der Waals surface area (Å²) in [5, 5.41) is 0. The molecule has 1 aromatic heterocycles. The van der Waals surface area contributed by atoms with Crippen molar-refractivity contribution in [3.63, 3.8) is 0 Å². The van der Waals surface area contributed by atoms with E-state index in [4.69, 9.17) is 4.74 Å². The molecule has 0 aliphatic carbocycles. The number of carbonyl (C=O) groups is 3. The third-order valence-corrected chi connectivity index (χ3v) is 5.49. The van der Waals surface area contributed by atoms with Gasteiger partial charge in [-0.2, -0.15) is 0 Å². The fourth-order valence-corrected chi connectivity index (χ4v) is 3.96. The Morgan fingerprint density at radius 1 is 1.10 bits per heavy atom. The summed E-state index contributed by atoms with van der Waals surface area (Å²) in [6.07, 6.45) is 5.08. The second-order valence-corrected chi connectivity index (χ2v) is 8.88. The van der Waals surface area contributed by atoms with E-state index in [0.717, 1.165) is 12.8 Å². The van der Waals surface area contributed by atoms with Crippen molar-refractivity contribution in [1.29, 1.82) is 0 Å². The lowest BCUT2D eigenvalue weighted by molar-refractivity contribution is -0.144. The summed E-state index contributed by atoms with van der Waals surface area (Å²) in [4.78, 5) is 43.1. The van der Waals surface area contributed by atoms with Crippen LogP contribution >= 0.6 is 0 Å². The SMILES string of the molecule is C[C@@H](C(=O)N1CCC[C@H](N2CCN(C(=O)OC(C)(C)C)CC2=O)C1)n1cccc1. The molecule has 8 heteroatoms. The van der Waals surface area contributed by atoms with Crippen molar-refractivity contribution in [3.05, 3.63) is 24.5 Å². The molecule has 8 nitrogen and oxygen atoms in total. The molecule has 0 radical (unpaired) electrons. The van der Waals surface area contributed by atoms with Gasteiger partial charge in [-0.1, -0.05) is 0 Å². The molecule has 0 unspecified atom stereocenters. The van der Waals surface area contributed by atoms with E-state index in [-0.39, 0.29) is 30.4 Å². The average molecular weight is 405 g/mol. The molecule has 0 N–H and O–H groups in total. The van der Waals surface area contributed by atoms with Crippen LogP contribution < -0.4 is 0 Å². The van der Waals surface area contributed by atoms with E-state index in [1.54, 1.807) is 0 Å². The van der Waals surface area contributed by atoms with E-state index in [0.29, 0.717) is 26.2 Å². The molecule has 160 valence electrons. The lowest BCUT2D eigenvalue weighted by Crippen LogP contribution is -2.59. The van der Waals surface area contributed by atoms with E-state index in [9.17, 15) is 14.4 Å². The van der Waals surface area contributed by atoms with Gasteiger partial charge in [0.15, 0.2) is 0 Å². The van der Waals surface area contributed by atoms with Crippen LogP contribution in [0.1, 0.15) is 46.6 Å². The Bertz CT molecular complexity index is 740. The molecule has 29 heavy (non-hydrogen) atoms. The minimum atomic E-state index is -0.585. The Morgan fingerprint density at radius 3 is 2.41 bits per heavy atom. The van der Waals surface area contributed by atoms with Gasteiger partial charge in [0.05, 0.1) is 0 Å². The number of piperazine rings is 1. The maximum atomic E-state index is 12.9. The molecule has 3 rings (SSSR count). The summed E-state index contributed by atoms with van der Waals surface area (Å²) >= 11 is 0. The minimum absolute atomic E-state index is 0.00199. The van der Waals surface area contributed by atoms with Crippen LogP contribution in [-0.2, 0) is 14.3 Å². The number of rotatable bonds is 3. The molecule has 2 saturated heterocycles. The van der Waals surface area contributed by atoms with Crippen LogP contribution in [-0.4, -0.2) is 81.5 Å². The van der Waals surface area contributed by atoms with Crippen molar-refractivity contribution < 1.29 is 19.1 Å². The zero-order valence-electron chi connectivity index (χ0n) is 17.8. The van der Waals surface area contributed by atoms with Crippen LogP contribution in [0.5, 0.6) is 0 Å². The molecule has 2 aliphatic rings. The molecule has 0 spiro atoms. The van der Waals surface area contributed by atoms with E-state index in [1.807, 2.05) is 66.6 Å². The van der Waals surface area contributed by atoms with Gasteiger partial charge in [-0.05, 0) is 52.7 Å². The maximum Gasteiger partial charge on any atom is 0.410 e. The lowest BCUT2D eigenvalue weighted by atomic mass is 10.0. The summed E-state index contributed by atoms with van der Waals surface area (Å²) in [6, 6.07) is 3.55. The highest BCUT2D eigenvalue weighted by atomic mass is 16.6. The highest BCUT2D eigenvalue weighted by Gasteiger charge is 2.36. The fourth-order valence-electron chi connectivity index (χ4n) is 3.96. The van der Waals surface area contributed by atoms with Crippen LogP contribution in [0, 0.1) is 0 Å². The van der Waals surface area contributed by atoms with Crippen molar-refractivity contribution in [1.82, 2.24) is 19.3 Å². The van der Waals surface area contributed by atoms with Crippen LogP contribution in [0.4, 0.5) is 4.79 Å². The zero-order chi connectivity index (χ0) is 21.2. The predicted molar refractivity (Wildman–Crippen MR) is 108 cm³/mol. The number of likely N-dealkylation sites (tertiary alicyclic amines) is 1. The van der Waals surface area contributed by atoms with Crippen molar-refractivity contribution in [2.45, 2.75) is 58.2 Å². The molecular formula is C21H32N4O4.